The predicted octanol–water partition coefficient (Wildman–Crippen LogP) is 2.08. The number of nitrogens with one attached hydrogen (secondary N) is 1. The van der Waals surface area contributed by atoms with E-state index in [2.05, 4.69) is 5.43 Å². The first-order valence-corrected chi connectivity index (χ1v) is 4.59. The van der Waals surface area contributed by atoms with Crippen LogP contribution in [0.15, 0.2) is 42.7 Å². The van der Waals surface area contributed by atoms with E-state index in [1.54, 1.807) is 4.68 Å². The minimum Gasteiger partial charge on any atom is -0.508 e. The van der Waals surface area contributed by atoms with Crippen LogP contribution in [0.25, 0.3) is 0 Å². The first-order chi connectivity index (χ1) is 7.24. The zero-order valence-corrected chi connectivity index (χ0v) is 8.02. The third kappa shape index (κ3) is 2.49. The summed E-state index contributed by atoms with van der Waals surface area (Å²) in [6.07, 6.45) is 3.69. The smallest absolute Gasteiger partial charge is 0.127 e. The molecule has 0 bridgehead atoms. The fourth-order valence-corrected chi connectivity index (χ4v) is 1.36. The molecular formula is C11H11FN2O. The van der Waals surface area contributed by atoms with Gasteiger partial charge in [-0.05, 0) is 29.8 Å². The molecule has 0 amide bonds. The largest absolute Gasteiger partial charge is 0.508 e. The van der Waals surface area contributed by atoms with Crippen molar-refractivity contribution < 1.29 is 9.50 Å². The van der Waals surface area contributed by atoms with Crippen molar-refractivity contribution in [1.29, 1.82) is 0 Å². The van der Waals surface area contributed by atoms with Crippen molar-refractivity contribution >= 4 is 0 Å². The minimum atomic E-state index is -0.431. The summed E-state index contributed by atoms with van der Waals surface area (Å²) < 4.78 is 14.7. The summed E-state index contributed by atoms with van der Waals surface area (Å²) in [6, 6.07) is 7.76. The molecule has 0 saturated heterocycles. The molecule has 0 radical (unpaired) electrons. The van der Waals surface area contributed by atoms with Crippen LogP contribution in [-0.4, -0.2) is 9.78 Å². The highest BCUT2D eigenvalue weighted by Gasteiger charge is 1.99. The van der Waals surface area contributed by atoms with Crippen LogP contribution in [-0.2, 0) is 6.54 Å². The van der Waals surface area contributed by atoms with E-state index in [1.165, 1.54) is 12.1 Å². The Morgan fingerprint density at radius 1 is 1.20 bits per heavy atom. The number of phenols is 1. The molecule has 1 heterocycles. The maximum absolute atomic E-state index is 12.9. The molecule has 0 fully saturated rings. The average Bonchev–Trinajstić information content (AvgIpc) is 2.65. The van der Waals surface area contributed by atoms with Crippen molar-refractivity contribution in [2.75, 3.05) is 5.43 Å². The average molecular weight is 206 g/mol. The molecule has 0 aliphatic rings. The summed E-state index contributed by atoms with van der Waals surface area (Å²) in [6.45, 7) is 0.458. The van der Waals surface area contributed by atoms with Crippen LogP contribution >= 0.6 is 0 Å². The molecule has 0 saturated carbocycles. The lowest BCUT2D eigenvalue weighted by Gasteiger charge is -2.07. The molecule has 1 aromatic heterocycles. The van der Waals surface area contributed by atoms with Gasteiger partial charge in [0.1, 0.15) is 11.6 Å². The summed E-state index contributed by atoms with van der Waals surface area (Å²) in [5.41, 5.74) is 3.73. The van der Waals surface area contributed by atoms with Gasteiger partial charge in [0.05, 0.1) is 6.54 Å². The summed E-state index contributed by atoms with van der Waals surface area (Å²) in [7, 11) is 0. The van der Waals surface area contributed by atoms with Crippen molar-refractivity contribution in [3.05, 3.63) is 54.1 Å². The van der Waals surface area contributed by atoms with Crippen molar-refractivity contribution in [2.45, 2.75) is 6.54 Å². The third-order valence-electron chi connectivity index (χ3n) is 2.01. The number of nitrogens with zero attached hydrogens (tertiary/aromatic N) is 1. The number of halogens is 1. The van der Waals surface area contributed by atoms with Crippen LogP contribution < -0.4 is 5.43 Å². The van der Waals surface area contributed by atoms with Crippen molar-refractivity contribution in [1.82, 2.24) is 4.68 Å². The highest BCUT2D eigenvalue weighted by molar-refractivity contribution is 5.28. The molecule has 15 heavy (non-hydrogen) atoms. The van der Waals surface area contributed by atoms with Gasteiger partial charge in [-0.1, -0.05) is 0 Å². The minimum absolute atomic E-state index is 0.0562. The van der Waals surface area contributed by atoms with Crippen LogP contribution in [0.3, 0.4) is 0 Å². The Kier molecular flexibility index (Phi) is 2.58. The Labute approximate surface area is 86.8 Å². The Bertz CT molecular complexity index is 420. The number of phenolic OH excluding ortho intramolecular Hbond substituents is 1. The fraction of sp³-hybridized carbons (Fsp3) is 0.0909. The van der Waals surface area contributed by atoms with Gasteiger partial charge in [0.15, 0.2) is 0 Å². The van der Waals surface area contributed by atoms with E-state index in [9.17, 15) is 9.50 Å². The Morgan fingerprint density at radius 3 is 2.60 bits per heavy atom. The lowest BCUT2D eigenvalue weighted by atomic mass is 10.2. The Hall–Kier alpha value is -1.97. The molecule has 4 heteroatoms. The molecule has 0 aliphatic carbocycles. The van der Waals surface area contributed by atoms with Gasteiger partial charge >= 0.3 is 0 Å². The number of hydrogen-bond acceptors (Lipinski definition) is 2. The van der Waals surface area contributed by atoms with E-state index < -0.39 is 5.82 Å². The van der Waals surface area contributed by atoms with Gasteiger partial charge in [-0.2, -0.15) is 0 Å². The second kappa shape index (κ2) is 4.04. The van der Waals surface area contributed by atoms with Crippen molar-refractivity contribution in [3.8, 4) is 5.75 Å². The number of hydrogen-bond donors (Lipinski definition) is 2. The van der Waals surface area contributed by atoms with Crippen LogP contribution in [0.5, 0.6) is 5.75 Å². The standard InChI is InChI=1S/C11H11FN2O/c12-10-5-9(6-11(15)7-10)8-13-14-3-1-2-4-14/h1-7,13,15H,8H2. The quantitative estimate of drug-likeness (QED) is 0.806. The fourth-order valence-electron chi connectivity index (χ4n) is 1.36. The maximum Gasteiger partial charge on any atom is 0.127 e. The summed E-state index contributed by atoms with van der Waals surface area (Å²) in [5, 5.41) is 9.18. The molecule has 0 unspecified atom stereocenters. The number of benzene rings is 1. The molecule has 0 aliphatic heterocycles. The highest BCUT2D eigenvalue weighted by Crippen LogP contribution is 2.14. The second-order valence-corrected chi connectivity index (χ2v) is 3.24. The molecule has 0 atom stereocenters. The molecule has 2 N–H and O–H groups in total. The number of aromatic hydroxyl groups is 1. The molecule has 2 aromatic rings. The van der Waals surface area contributed by atoms with Gasteiger partial charge in [-0.25, -0.2) is 4.39 Å². The predicted molar refractivity (Wildman–Crippen MR) is 55.6 cm³/mol. The van der Waals surface area contributed by atoms with Gasteiger partial charge in [0.25, 0.3) is 0 Å². The SMILES string of the molecule is Oc1cc(F)cc(CNn2cccc2)c1. The monoisotopic (exact) mass is 206 g/mol. The lowest BCUT2D eigenvalue weighted by Crippen LogP contribution is -2.11. The summed E-state index contributed by atoms with van der Waals surface area (Å²) in [4.78, 5) is 0. The van der Waals surface area contributed by atoms with Gasteiger partial charge in [-0.3, -0.25) is 4.68 Å². The topological polar surface area (TPSA) is 37.2 Å². The van der Waals surface area contributed by atoms with E-state index in [0.717, 1.165) is 6.07 Å². The van der Waals surface area contributed by atoms with Crippen LogP contribution in [0, 0.1) is 5.82 Å². The lowest BCUT2D eigenvalue weighted by molar-refractivity contribution is 0.468. The normalized spacial score (nSPS) is 10.2. The molecule has 1 aromatic carbocycles. The summed E-state index contributed by atoms with van der Waals surface area (Å²) >= 11 is 0. The second-order valence-electron chi connectivity index (χ2n) is 3.24. The number of rotatable bonds is 3. The van der Waals surface area contributed by atoms with E-state index >= 15 is 0 Å². The van der Waals surface area contributed by atoms with Crippen LogP contribution in [0.4, 0.5) is 4.39 Å². The molecule has 0 spiro atoms. The summed E-state index contributed by atoms with van der Waals surface area (Å²) in [5.74, 6) is -0.487. The van der Waals surface area contributed by atoms with Gasteiger partial charge < -0.3 is 10.5 Å². The third-order valence-corrected chi connectivity index (χ3v) is 2.01. The molecule has 3 nitrogen and oxygen atoms in total. The molecule has 2 rings (SSSR count). The van der Waals surface area contributed by atoms with Crippen LogP contribution in [0.1, 0.15) is 5.56 Å². The Morgan fingerprint density at radius 2 is 1.93 bits per heavy atom. The van der Waals surface area contributed by atoms with E-state index in [0.29, 0.717) is 12.1 Å². The number of aromatic nitrogens is 1. The van der Waals surface area contributed by atoms with Gasteiger partial charge in [0.2, 0.25) is 0 Å². The van der Waals surface area contributed by atoms with Crippen molar-refractivity contribution in [3.63, 3.8) is 0 Å². The maximum atomic E-state index is 12.9. The van der Waals surface area contributed by atoms with E-state index in [-0.39, 0.29) is 5.75 Å². The van der Waals surface area contributed by atoms with Gasteiger partial charge in [-0.15, -0.1) is 0 Å². The van der Waals surface area contributed by atoms with E-state index in [1.807, 2.05) is 24.5 Å². The highest BCUT2D eigenvalue weighted by atomic mass is 19.1. The molecular weight excluding hydrogens is 195 g/mol. The first kappa shape index (κ1) is 9.58. The van der Waals surface area contributed by atoms with Gasteiger partial charge in [0, 0.05) is 18.5 Å². The zero-order valence-electron chi connectivity index (χ0n) is 8.02. The van der Waals surface area contributed by atoms with E-state index in [4.69, 9.17) is 0 Å². The molecule has 78 valence electrons. The Balaban J connectivity index is 2.05. The zero-order chi connectivity index (χ0) is 10.7. The van der Waals surface area contributed by atoms with Crippen molar-refractivity contribution in [2.24, 2.45) is 0 Å². The first-order valence-electron chi connectivity index (χ1n) is 4.59. The van der Waals surface area contributed by atoms with Crippen LogP contribution in [0.2, 0.25) is 0 Å².